The van der Waals surface area contributed by atoms with Crippen molar-refractivity contribution in [3.63, 3.8) is 0 Å². The molecule has 31 heavy (non-hydrogen) atoms. The number of benzene rings is 1. The molecule has 0 aliphatic carbocycles. The summed E-state index contributed by atoms with van der Waals surface area (Å²) >= 11 is 0. The predicted molar refractivity (Wildman–Crippen MR) is 114 cm³/mol. The molecule has 2 heterocycles. The molecule has 0 fully saturated rings. The number of hydrogen-bond donors (Lipinski definition) is 2. The predicted octanol–water partition coefficient (Wildman–Crippen LogP) is 1.92. The quantitative estimate of drug-likeness (QED) is 0.749. The van der Waals surface area contributed by atoms with Gasteiger partial charge in [0.2, 0.25) is 0 Å². The van der Waals surface area contributed by atoms with E-state index in [2.05, 4.69) is 16.4 Å². The van der Waals surface area contributed by atoms with E-state index in [1.54, 1.807) is 18.2 Å². The number of aromatic nitrogens is 1. The number of nitriles is 1. The van der Waals surface area contributed by atoms with Crippen LogP contribution >= 0.6 is 0 Å². The molecular weight excluding hydrogens is 398 g/mol. The minimum atomic E-state index is 0.164. The lowest BCUT2D eigenvalue weighted by molar-refractivity contribution is 0.0324. The number of aromatic hydroxyl groups is 1. The van der Waals surface area contributed by atoms with Crippen LogP contribution in [0.15, 0.2) is 30.3 Å². The van der Waals surface area contributed by atoms with Crippen molar-refractivity contribution in [3.8, 4) is 11.8 Å². The molecule has 0 spiro atoms. The topological polar surface area (TPSA) is 106 Å². The molecule has 2 aromatic rings. The van der Waals surface area contributed by atoms with E-state index in [0.29, 0.717) is 70.4 Å². The van der Waals surface area contributed by atoms with Crippen molar-refractivity contribution in [1.82, 2.24) is 10.3 Å². The fourth-order valence-corrected chi connectivity index (χ4v) is 3.19. The molecule has 2 N–H and O–H groups in total. The van der Waals surface area contributed by atoms with Gasteiger partial charge in [0, 0.05) is 19.5 Å². The smallest absolute Gasteiger partial charge is 0.119 e. The van der Waals surface area contributed by atoms with Gasteiger partial charge < -0.3 is 29.4 Å². The van der Waals surface area contributed by atoms with Crippen LogP contribution < -0.4 is 5.32 Å². The van der Waals surface area contributed by atoms with Crippen LogP contribution in [0.5, 0.6) is 5.75 Å². The van der Waals surface area contributed by atoms with E-state index in [-0.39, 0.29) is 5.75 Å². The highest BCUT2D eigenvalue weighted by molar-refractivity contribution is 5.43. The van der Waals surface area contributed by atoms with Crippen molar-refractivity contribution >= 4 is 0 Å². The molecule has 8 heteroatoms. The van der Waals surface area contributed by atoms with Crippen LogP contribution in [0.2, 0.25) is 0 Å². The Kier molecular flexibility index (Phi) is 9.70. The Bertz CT molecular complexity index is 835. The fourth-order valence-electron chi connectivity index (χ4n) is 3.19. The zero-order valence-corrected chi connectivity index (χ0v) is 17.6. The van der Waals surface area contributed by atoms with E-state index >= 15 is 0 Å². The van der Waals surface area contributed by atoms with Gasteiger partial charge in [-0.3, -0.25) is 4.98 Å². The standard InChI is InChI=1S/C23H29N3O5/c24-15-18-1-2-23(27)20(11-18)12-19-13-21-16-30-9-7-28-5-3-25-4-6-29-8-10-31-17-22(14-19)26-21/h1-2,11,13-14,25,27H,3-10,12,16-17H2. The molecule has 2 bridgehead atoms. The first-order valence-electron chi connectivity index (χ1n) is 10.5. The maximum Gasteiger partial charge on any atom is 0.119 e. The molecule has 1 aliphatic rings. The molecule has 0 amide bonds. The van der Waals surface area contributed by atoms with Crippen LogP contribution in [-0.2, 0) is 38.6 Å². The van der Waals surface area contributed by atoms with E-state index in [4.69, 9.17) is 24.2 Å². The summed E-state index contributed by atoms with van der Waals surface area (Å²) in [5, 5.41) is 22.6. The number of nitrogens with zero attached hydrogens (tertiary/aromatic N) is 2. The lowest BCUT2D eigenvalue weighted by atomic mass is 10.0. The van der Waals surface area contributed by atoms with Gasteiger partial charge in [-0.2, -0.15) is 5.26 Å². The van der Waals surface area contributed by atoms with Crippen LogP contribution in [0, 0.1) is 11.3 Å². The Hall–Kier alpha value is -2.54. The molecule has 1 aliphatic heterocycles. The molecule has 0 saturated heterocycles. The van der Waals surface area contributed by atoms with E-state index in [1.165, 1.54) is 0 Å². The first kappa shape index (κ1) is 23.1. The fraction of sp³-hybridized carbons (Fsp3) is 0.478. The first-order valence-corrected chi connectivity index (χ1v) is 10.5. The molecule has 0 saturated carbocycles. The van der Waals surface area contributed by atoms with Crippen molar-refractivity contribution in [2.75, 3.05) is 52.7 Å². The van der Waals surface area contributed by atoms with E-state index < -0.39 is 0 Å². The molecule has 0 atom stereocenters. The Morgan fingerprint density at radius 1 is 0.871 bits per heavy atom. The third-order valence-electron chi connectivity index (χ3n) is 4.68. The maximum absolute atomic E-state index is 10.2. The van der Waals surface area contributed by atoms with E-state index in [9.17, 15) is 5.11 Å². The van der Waals surface area contributed by atoms with Gasteiger partial charge in [-0.1, -0.05) is 0 Å². The van der Waals surface area contributed by atoms with E-state index in [0.717, 1.165) is 30.0 Å². The number of nitrogens with one attached hydrogen (secondary N) is 1. The highest BCUT2D eigenvalue weighted by Crippen LogP contribution is 2.22. The third kappa shape index (κ3) is 8.25. The maximum atomic E-state index is 10.2. The average Bonchev–Trinajstić information content (AvgIpc) is 2.77. The molecule has 3 rings (SSSR count). The Labute approximate surface area is 182 Å². The zero-order valence-electron chi connectivity index (χ0n) is 17.6. The van der Waals surface area contributed by atoms with Gasteiger partial charge in [0.15, 0.2) is 0 Å². The van der Waals surface area contributed by atoms with Gasteiger partial charge in [0.05, 0.1) is 75.9 Å². The molecule has 0 radical (unpaired) electrons. The highest BCUT2D eigenvalue weighted by Gasteiger charge is 2.09. The number of pyridine rings is 1. The van der Waals surface area contributed by atoms with Crippen molar-refractivity contribution in [2.45, 2.75) is 19.6 Å². The Morgan fingerprint density at radius 3 is 2.10 bits per heavy atom. The average molecular weight is 428 g/mol. The van der Waals surface area contributed by atoms with Gasteiger partial charge in [0.25, 0.3) is 0 Å². The number of ether oxygens (including phenoxy) is 4. The minimum Gasteiger partial charge on any atom is -0.508 e. The van der Waals surface area contributed by atoms with Crippen LogP contribution in [0.1, 0.15) is 28.1 Å². The first-order chi connectivity index (χ1) is 15.2. The summed E-state index contributed by atoms with van der Waals surface area (Å²) in [7, 11) is 0. The number of rotatable bonds is 2. The second-order valence-corrected chi connectivity index (χ2v) is 7.17. The van der Waals surface area contributed by atoms with Gasteiger partial charge in [-0.05, 0) is 41.5 Å². The molecule has 166 valence electrons. The highest BCUT2D eigenvalue weighted by atomic mass is 16.5. The van der Waals surface area contributed by atoms with Gasteiger partial charge in [-0.15, -0.1) is 0 Å². The second-order valence-electron chi connectivity index (χ2n) is 7.17. The molecule has 0 unspecified atom stereocenters. The third-order valence-corrected chi connectivity index (χ3v) is 4.68. The summed E-state index contributed by atoms with van der Waals surface area (Å²) in [6, 6.07) is 10.9. The van der Waals surface area contributed by atoms with Crippen LogP contribution in [0.3, 0.4) is 0 Å². The molecular formula is C23H29N3O5. The van der Waals surface area contributed by atoms with Gasteiger partial charge in [-0.25, -0.2) is 0 Å². The molecule has 1 aromatic carbocycles. The summed E-state index contributed by atoms with van der Waals surface area (Å²) in [5.41, 5.74) is 3.73. The lowest BCUT2D eigenvalue weighted by Gasteiger charge is -2.12. The van der Waals surface area contributed by atoms with Gasteiger partial charge in [0.1, 0.15) is 5.75 Å². The second kappa shape index (κ2) is 13.0. The van der Waals surface area contributed by atoms with Crippen LogP contribution in [0.25, 0.3) is 0 Å². The van der Waals surface area contributed by atoms with Crippen LogP contribution in [-0.4, -0.2) is 62.8 Å². The van der Waals surface area contributed by atoms with Crippen molar-refractivity contribution in [1.29, 1.82) is 5.26 Å². The summed E-state index contributed by atoms with van der Waals surface area (Å²) in [4.78, 5) is 4.64. The largest absolute Gasteiger partial charge is 0.508 e. The summed E-state index contributed by atoms with van der Waals surface area (Å²) < 4.78 is 22.5. The number of hydrogen-bond acceptors (Lipinski definition) is 8. The summed E-state index contributed by atoms with van der Waals surface area (Å²) in [6.07, 6.45) is 0.475. The van der Waals surface area contributed by atoms with Gasteiger partial charge >= 0.3 is 0 Å². The molecule has 1 aromatic heterocycles. The lowest BCUT2D eigenvalue weighted by Crippen LogP contribution is -2.25. The van der Waals surface area contributed by atoms with Crippen molar-refractivity contribution in [3.05, 3.63) is 58.4 Å². The number of phenolic OH excluding ortho intramolecular Hbond substituents is 1. The Balaban J connectivity index is 1.71. The zero-order chi connectivity index (χ0) is 21.7. The SMILES string of the molecule is N#Cc1ccc(O)c(Cc2cc3nc(c2)COCCOCCNCCOCCOC3)c1. The van der Waals surface area contributed by atoms with Crippen LogP contribution in [0.4, 0.5) is 0 Å². The normalized spacial score (nSPS) is 17.3. The number of fused-ring (bicyclic) bond motifs is 2. The van der Waals surface area contributed by atoms with Crippen molar-refractivity contribution in [2.24, 2.45) is 0 Å². The number of phenols is 1. The summed E-state index contributed by atoms with van der Waals surface area (Å²) in [5.74, 6) is 0.164. The monoisotopic (exact) mass is 427 g/mol. The van der Waals surface area contributed by atoms with E-state index in [1.807, 2.05) is 12.1 Å². The van der Waals surface area contributed by atoms with Crippen molar-refractivity contribution < 1.29 is 24.1 Å². The minimum absolute atomic E-state index is 0.164. The summed E-state index contributed by atoms with van der Waals surface area (Å²) in [6.45, 7) is 5.49. The molecule has 8 nitrogen and oxygen atoms in total. The Morgan fingerprint density at radius 2 is 1.48 bits per heavy atom.